The Balaban J connectivity index is 1.52. The van der Waals surface area contributed by atoms with E-state index in [1.807, 2.05) is 43.0 Å². The number of benzene rings is 3. The lowest BCUT2D eigenvalue weighted by Gasteiger charge is -2.27. The lowest BCUT2D eigenvalue weighted by molar-refractivity contribution is -0.143. The van der Waals surface area contributed by atoms with Crippen LogP contribution in [0.4, 0.5) is 5.69 Å². The number of amides is 1. The molecule has 2 aliphatic heterocycles. The van der Waals surface area contributed by atoms with Gasteiger partial charge in [0.1, 0.15) is 13.2 Å². The summed E-state index contributed by atoms with van der Waals surface area (Å²) in [6, 6.07) is 14.8. The number of carbonyl (C=O) groups excluding carboxylic acids is 1. The topological polar surface area (TPSA) is 122 Å². The standard InChI is InChI=1S/C33H37ClN2O7S/c1-4-20-15-24(34)16-21(5-2)31(20)35-29(37)19-36-18-26(23-9-12-27-28(17-23)43-14-13-42-27)30(33(38)39)32(36)22-7-10-25(11-8-22)44(40,41)6-3/h7-12,15-17,26,30,32H,4-6,13-14,18-19H2,1-3H3,(H,35,37)(H,38,39)/t26-,30-,32+/m1/s1. The number of sulfone groups is 1. The molecule has 0 spiro atoms. The van der Waals surface area contributed by atoms with E-state index in [-0.39, 0.29) is 29.6 Å². The second-order valence-corrected chi connectivity index (χ2v) is 13.8. The Kier molecular flexibility index (Phi) is 9.53. The molecule has 0 aliphatic carbocycles. The molecule has 1 saturated heterocycles. The zero-order chi connectivity index (χ0) is 31.6. The first-order valence-corrected chi connectivity index (χ1v) is 16.9. The highest BCUT2D eigenvalue weighted by Crippen LogP contribution is 2.47. The number of hydrogen-bond acceptors (Lipinski definition) is 7. The minimum Gasteiger partial charge on any atom is -0.486 e. The van der Waals surface area contributed by atoms with E-state index < -0.39 is 33.7 Å². The number of rotatable bonds is 10. The molecule has 11 heteroatoms. The van der Waals surface area contributed by atoms with Crippen molar-refractivity contribution in [2.75, 3.05) is 37.4 Å². The maximum atomic E-state index is 13.7. The van der Waals surface area contributed by atoms with Gasteiger partial charge in [-0.15, -0.1) is 0 Å². The van der Waals surface area contributed by atoms with E-state index in [1.165, 1.54) is 12.1 Å². The minimum atomic E-state index is -3.44. The fourth-order valence-corrected chi connectivity index (χ4v) is 7.41. The highest BCUT2D eigenvalue weighted by molar-refractivity contribution is 7.91. The normalized spacial score (nSPS) is 20.0. The zero-order valence-corrected chi connectivity index (χ0v) is 26.6. The molecule has 5 rings (SSSR count). The molecule has 3 aromatic carbocycles. The van der Waals surface area contributed by atoms with Crippen LogP contribution >= 0.6 is 11.6 Å². The molecule has 2 aliphatic rings. The van der Waals surface area contributed by atoms with Gasteiger partial charge in [0.05, 0.1) is 23.1 Å². The van der Waals surface area contributed by atoms with E-state index in [9.17, 15) is 23.1 Å². The Bertz CT molecular complexity index is 1630. The van der Waals surface area contributed by atoms with Crippen LogP contribution in [0.25, 0.3) is 0 Å². The average Bonchev–Trinajstić information content (AvgIpc) is 3.40. The summed E-state index contributed by atoms with van der Waals surface area (Å²) in [4.78, 5) is 28.7. The summed E-state index contributed by atoms with van der Waals surface area (Å²) in [5.41, 5.74) is 3.96. The van der Waals surface area contributed by atoms with Gasteiger partial charge in [0.2, 0.25) is 5.91 Å². The maximum absolute atomic E-state index is 13.7. The van der Waals surface area contributed by atoms with Crippen LogP contribution in [0.3, 0.4) is 0 Å². The third kappa shape index (κ3) is 6.43. The smallest absolute Gasteiger partial charge is 0.309 e. The average molecular weight is 641 g/mol. The van der Waals surface area contributed by atoms with Crippen LogP contribution in [-0.2, 0) is 32.3 Å². The summed E-state index contributed by atoms with van der Waals surface area (Å²) >= 11 is 6.32. The van der Waals surface area contributed by atoms with Crippen molar-refractivity contribution in [1.29, 1.82) is 0 Å². The zero-order valence-electron chi connectivity index (χ0n) is 25.0. The summed E-state index contributed by atoms with van der Waals surface area (Å²) in [6.07, 6.45) is 1.35. The lowest BCUT2D eigenvalue weighted by atomic mass is 9.82. The monoisotopic (exact) mass is 640 g/mol. The molecule has 3 aromatic rings. The van der Waals surface area contributed by atoms with Crippen molar-refractivity contribution >= 4 is 39.0 Å². The number of halogens is 1. The van der Waals surface area contributed by atoms with Crippen LogP contribution in [-0.4, -0.2) is 62.4 Å². The molecule has 44 heavy (non-hydrogen) atoms. The number of nitrogens with zero attached hydrogens (tertiary/aromatic N) is 1. The molecular weight excluding hydrogens is 604 g/mol. The number of hydrogen-bond donors (Lipinski definition) is 2. The van der Waals surface area contributed by atoms with Crippen molar-refractivity contribution < 1.29 is 32.6 Å². The summed E-state index contributed by atoms with van der Waals surface area (Å²) < 4.78 is 36.4. The van der Waals surface area contributed by atoms with Crippen LogP contribution in [0, 0.1) is 5.92 Å². The summed E-state index contributed by atoms with van der Waals surface area (Å²) in [6.45, 7) is 6.62. The van der Waals surface area contributed by atoms with E-state index in [2.05, 4.69) is 5.32 Å². The Morgan fingerprint density at radius 1 is 0.932 bits per heavy atom. The number of carbonyl (C=O) groups is 2. The van der Waals surface area contributed by atoms with Crippen LogP contribution in [0.2, 0.25) is 5.02 Å². The van der Waals surface area contributed by atoms with Crippen molar-refractivity contribution in [3.05, 3.63) is 81.9 Å². The first kappa shape index (κ1) is 31.8. The number of aliphatic carboxylic acids is 1. The van der Waals surface area contributed by atoms with Gasteiger partial charge in [0, 0.05) is 29.2 Å². The molecule has 0 radical (unpaired) electrons. The number of ether oxygens (including phenoxy) is 2. The second kappa shape index (κ2) is 13.2. The van der Waals surface area contributed by atoms with Gasteiger partial charge in [0.25, 0.3) is 0 Å². The number of aryl methyl sites for hydroxylation is 2. The summed E-state index contributed by atoms with van der Waals surface area (Å²) in [7, 11) is -3.44. The second-order valence-electron chi connectivity index (χ2n) is 11.1. The Hall–Kier alpha value is -3.60. The van der Waals surface area contributed by atoms with Gasteiger partial charge in [-0.3, -0.25) is 14.5 Å². The molecule has 0 saturated carbocycles. The van der Waals surface area contributed by atoms with E-state index in [1.54, 1.807) is 25.1 Å². The number of anilines is 1. The lowest BCUT2D eigenvalue weighted by Crippen LogP contribution is -2.35. The van der Waals surface area contributed by atoms with Gasteiger partial charge >= 0.3 is 5.97 Å². The van der Waals surface area contributed by atoms with Crippen molar-refractivity contribution in [1.82, 2.24) is 4.90 Å². The van der Waals surface area contributed by atoms with Crippen LogP contribution in [0.1, 0.15) is 55.0 Å². The third-order valence-corrected chi connectivity index (χ3v) is 10.4. The van der Waals surface area contributed by atoms with Crippen molar-refractivity contribution in [2.45, 2.75) is 50.5 Å². The fraction of sp³-hybridized carbons (Fsp3) is 0.394. The van der Waals surface area contributed by atoms with Gasteiger partial charge in [-0.1, -0.05) is 50.6 Å². The highest BCUT2D eigenvalue weighted by Gasteiger charge is 2.48. The van der Waals surface area contributed by atoms with Crippen LogP contribution < -0.4 is 14.8 Å². The van der Waals surface area contributed by atoms with Gasteiger partial charge in [0.15, 0.2) is 21.3 Å². The molecule has 9 nitrogen and oxygen atoms in total. The number of nitrogens with one attached hydrogen (secondary N) is 1. The molecule has 2 heterocycles. The molecule has 1 fully saturated rings. The number of carboxylic acid groups (broad SMARTS) is 1. The quantitative estimate of drug-likeness (QED) is 0.298. The van der Waals surface area contributed by atoms with E-state index in [0.29, 0.717) is 48.1 Å². The molecule has 0 aromatic heterocycles. The van der Waals surface area contributed by atoms with E-state index >= 15 is 0 Å². The first-order chi connectivity index (χ1) is 21.1. The Labute approximate surface area is 263 Å². The van der Waals surface area contributed by atoms with Crippen molar-refractivity contribution in [3.63, 3.8) is 0 Å². The SMILES string of the molecule is CCc1cc(Cl)cc(CC)c1NC(=O)CN1C[C@H](c2ccc3c(c2)OCCO3)[C@@H](C(=O)O)[C@@H]1c1ccc(S(=O)(=O)CC)cc1. The predicted molar refractivity (Wildman–Crippen MR) is 169 cm³/mol. The van der Waals surface area contributed by atoms with Gasteiger partial charge < -0.3 is 19.9 Å². The van der Waals surface area contributed by atoms with Crippen LogP contribution in [0.15, 0.2) is 59.5 Å². The molecule has 234 valence electrons. The van der Waals surface area contributed by atoms with Crippen LogP contribution in [0.5, 0.6) is 11.5 Å². The van der Waals surface area contributed by atoms with E-state index in [0.717, 1.165) is 22.4 Å². The molecule has 0 bridgehead atoms. The highest BCUT2D eigenvalue weighted by atomic mass is 35.5. The first-order valence-electron chi connectivity index (χ1n) is 14.9. The molecule has 0 unspecified atom stereocenters. The van der Waals surface area contributed by atoms with Crippen molar-refractivity contribution in [2.24, 2.45) is 5.92 Å². The van der Waals surface area contributed by atoms with Gasteiger partial charge in [-0.25, -0.2) is 8.42 Å². The maximum Gasteiger partial charge on any atom is 0.309 e. The van der Waals surface area contributed by atoms with E-state index in [4.69, 9.17) is 21.1 Å². The summed E-state index contributed by atoms with van der Waals surface area (Å²) in [5.74, 6) is -1.58. The number of carboxylic acids is 1. The summed E-state index contributed by atoms with van der Waals surface area (Å²) in [5, 5.41) is 14.3. The molecule has 2 N–H and O–H groups in total. The fourth-order valence-electron chi connectivity index (χ4n) is 6.26. The number of likely N-dealkylation sites (tertiary alicyclic amines) is 1. The molecule has 1 amide bonds. The number of fused-ring (bicyclic) bond motifs is 1. The van der Waals surface area contributed by atoms with Gasteiger partial charge in [-0.05, 0) is 71.5 Å². The Morgan fingerprint density at radius 3 is 2.14 bits per heavy atom. The minimum absolute atomic E-state index is 0.0454. The Morgan fingerprint density at radius 2 is 1.55 bits per heavy atom. The predicted octanol–water partition coefficient (Wildman–Crippen LogP) is 5.51. The largest absolute Gasteiger partial charge is 0.486 e. The van der Waals surface area contributed by atoms with Crippen molar-refractivity contribution in [3.8, 4) is 11.5 Å². The molecule has 3 atom stereocenters. The molecular formula is C33H37ClN2O7S. The van der Waals surface area contributed by atoms with Gasteiger partial charge in [-0.2, -0.15) is 0 Å². The third-order valence-electron chi connectivity index (χ3n) is 8.48.